The lowest BCUT2D eigenvalue weighted by molar-refractivity contribution is 0.374. The molecule has 0 saturated carbocycles. The highest BCUT2D eigenvalue weighted by Gasteiger charge is 2.10. The van der Waals surface area contributed by atoms with Crippen molar-refractivity contribution < 1.29 is 14.4 Å². The Bertz CT molecular complexity index is 347. The van der Waals surface area contributed by atoms with Crippen LogP contribution in [0.15, 0.2) is 29.4 Å². The van der Waals surface area contributed by atoms with Crippen LogP contribution in [-0.4, -0.2) is 33.7 Å². The molecule has 0 bridgehead atoms. The summed E-state index contributed by atoms with van der Waals surface area (Å²) in [6.45, 7) is 0.112. The second-order valence-electron chi connectivity index (χ2n) is 2.68. The Balaban J connectivity index is 2.39. The summed E-state index contributed by atoms with van der Waals surface area (Å²) >= 11 is 0. The van der Waals surface area contributed by atoms with Gasteiger partial charge in [-0.3, -0.25) is 14.5 Å². The largest absolute Gasteiger partial charge is 0.327 e. The third-order valence-electron chi connectivity index (χ3n) is 1.43. The van der Waals surface area contributed by atoms with E-state index in [1.807, 2.05) is 6.07 Å². The fourth-order valence-corrected chi connectivity index (χ4v) is 1.17. The Hall–Kier alpha value is -1.03. The molecule has 0 aliphatic carbocycles. The molecule has 0 aliphatic heterocycles. The van der Waals surface area contributed by atoms with Crippen LogP contribution in [0.25, 0.3) is 0 Å². The molecule has 2 N–H and O–H groups in total. The number of nitrogens with zero attached hydrogens (tertiary/aromatic N) is 2. The molecular weight excluding hydrogens is 203 g/mol. The molecule has 14 heavy (non-hydrogen) atoms. The first-order valence-corrected chi connectivity index (χ1v) is 5.83. The second-order valence-corrected chi connectivity index (χ2v) is 4.45. The molecule has 1 heterocycles. The maximum atomic E-state index is 10.4. The monoisotopic (exact) mass is 214 g/mol. The summed E-state index contributed by atoms with van der Waals surface area (Å²) in [4.78, 5) is 24.9. The first-order chi connectivity index (χ1) is 6.58. The van der Waals surface area contributed by atoms with E-state index in [0.717, 1.165) is 0 Å². The van der Waals surface area contributed by atoms with Gasteiger partial charge in [-0.1, -0.05) is 6.07 Å². The minimum atomic E-state index is -3.92. The molecule has 0 spiro atoms. The molecule has 1 aromatic rings. The molecular formula is C8H11N2O3P. The van der Waals surface area contributed by atoms with Gasteiger partial charge < -0.3 is 9.79 Å². The third kappa shape index (κ3) is 4.87. The van der Waals surface area contributed by atoms with Gasteiger partial charge in [0, 0.05) is 12.4 Å². The molecule has 76 valence electrons. The topological polar surface area (TPSA) is 82.8 Å². The number of hydrogen-bond acceptors (Lipinski definition) is 3. The van der Waals surface area contributed by atoms with Crippen molar-refractivity contribution in [2.45, 2.75) is 0 Å². The zero-order valence-electron chi connectivity index (χ0n) is 7.45. The minimum absolute atomic E-state index is 0.112. The Labute approximate surface area is 81.7 Å². The van der Waals surface area contributed by atoms with Crippen LogP contribution in [0.2, 0.25) is 0 Å². The Morgan fingerprint density at radius 3 is 2.86 bits per heavy atom. The molecule has 0 aromatic carbocycles. The highest BCUT2D eigenvalue weighted by molar-refractivity contribution is 7.51. The minimum Gasteiger partial charge on any atom is -0.324 e. The summed E-state index contributed by atoms with van der Waals surface area (Å²) in [6.07, 6.45) is 2.90. The van der Waals surface area contributed by atoms with Gasteiger partial charge in [-0.15, -0.1) is 0 Å². The van der Waals surface area contributed by atoms with E-state index in [2.05, 4.69) is 9.98 Å². The van der Waals surface area contributed by atoms with Crippen molar-refractivity contribution in [2.24, 2.45) is 4.99 Å². The molecule has 5 nitrogen and oxygen atoms in total. The summed E-state index contributed by atoms with van der Waals surface area (Å²) in [7, 11) is -3.92. The van der Waals surface area contributed by atoms with Crippen LogP contribution in [0.1, 0.15) is 5.69 Å². The van der Waals surface area contributed by atoms with Crippen molar-refractivity contribution in [3.8, 4) is 0 Å². The SMILES string of the molecule is O=P(O)(O)CCN=Cc1ccccn1. The van der Waals surface area contributed by atoms with Crippen LogP contribution >= 0.6 is 7.60 Å². The number of aliphatic imine (C=N–C) groups is 1. The third-order valence-corrected chi connectivity index (χ3v) is 2.21. The molecule has 0 amide bonds. The van der Waals surface area contributed by atoms with Gasteiger partial charge in [-0.05, 0) is 12.1 Å². The van der Waals surface area contributed by atoms with Crippen LogP contribution in [-0.2, 0) is 4.57 Å². The van der Waals surface area contributed by atoms with Crippen molar-refractivity contribution in [1.29, 1.82) is 0 Å². The predicted molar refractivity (Wildman–Crippen MR) is 53.6 cm³/mol. The van der Waals surface area contributed by atoms with Crippen LogP contribution in [0, 0.1) is 0 Å². The van der Waals surface area contributed by atoms with Gasteiger partial charge >= 0.3 is 7.60 Å². The van der Waals surface area contributed by atoms with Gasteiger partial charge in [-0.2, -0.15) is 0 Å². The van der Waals surface area contributed by atoms with E-state index in [-0.39, 0.29) is 12.7 Å². The maximum Gasteiger partial charge on any atom is 0.327 e. The van der Waals surface area contributed by atoms with E-state index in [1.165, 1.54) is 6.21 Å². The summed E-state index contributed by atoms with van der Waals surface area (Å²) in [5.41, 5.74) is 0.679. The van der Waals surface area contributed by atoms with E-state index in [1.54, 1.807) is 18.3 Å². The average Bonchev–Trinajstić information content (AvgIpc) is 2.13. The average molecular weight is 214 g/mol. The molecule has 0 saturated heterocycles. The van der Waals surface area contributed by atoms with Crippen molar-refractivity contribution in [1.82, 2.24) is 4.98 Å². The first-order valence-electron chi connectivity index (χ1n) is 4.03. The van der Waals surface area contributed by atoms with Gasteiger partial charge in [0.15, 0.2) is 0 Å². The van der Waals surface area contributed by atoms with Crippen LogP contribution < -0.4 is 0 Å². The Kier molecular flexibility index (Phi) is 3.95. The zero-order chi connectivity index (χ0) is 10.4. The molecule has 6 heteroatoms. The lowest BCUT2D eigenvalue weighted by atomic mass is 10.4. The lowest BCUT2D eigenvalue weighted by Gasteiger charge is -1.98. The van der Waals surface area contributed by atoms with Gasteiger partial charge in [0.25, 0.3) is 0 Å². The second kappa shape index (κ2) is 5.00. The number of pyridine rings is 1. The van der Waals surface area contributed by atoms with Gasteiger partial charge in [0.1, 0.15) is 0 Å². The van der Waals surface area contributed by atoms with E-state index in [0.29, 0.717) is 5.69 Å². The molecule has 0 unspecified atom stereocenters. The van der Waals surface area contributed by atoms with Crippen molar-refractivity contribution in [2.75, 3.05) is 12.7 Å². The van der Waals surface area contributed by atoms with Crippen LogP contribution in [0.3, 0.4) is 0 Å². The molecule has 0 aliphatic rings. The van der Waals surface area contributed by atoms with Crippen molar-refractivity contribution in [3.63, 3.8) is 0 Å². The molecule has 0 radical (unpaired) electrons. The highest BCUT2D eigenvalue weighted by Crippen LogP contribution is 2.33. The van der Waals surface area contributed by atoms with E-state index in [4.69, 9.17) is 9.79 Å². The summed E-state index contributed by atoms with van der Waals surface area (Å²) < 4.78 is 10.4. The number of rotatable bonds is 4. The molecule has 1 rings (SSSR count). The van der Waals surface area contributed by atoms with Crippen LogP contribution in [0.5, 0.6) is 0 Å². The van der Waals surface area contributed by atoms with Crippen LogP contribution in [0.4, 0.5) is 0 Å². The van der Waals surface area contributed by atoms with E-state index >= 15 is 0 Å². The predicted octanol–water partition coefficient (Wildman–Crippen LogP) is 0.678. The normalized spacial score (nSPS) is 12.1. The summed E-state index contributed by atoms with van der Waals surface area (Å²) in [5, 5.41) is 0. The highest BCUT2D eigenvalue weighted by atomic mass is 31.2. The number of hydrogen-bond donors (Lipinski definition) is 2. The van der Waals surface area contributed by atoms with Gasteiger partial charge in [-0.25, -0.2) is 0 Å². The first kappa shape index (κ1) is 11.0. The van der Waals surface area contributed by atoms with Crippen molar-refractivity contribution >= 4 is 13.8 Å². The molecule has 0 atom stereocenters. The quantitative estimate of drug-likeness (QED) is 0.570. The Morgan fingerprint density at radius 2 is 2.29 bits per heavy atom. The standard InChI is InChI=1S/C8H11N2O3P/c11-14(12,13)6-5-9-7-8-3-1-2-4-10-8/h1-4,7H,5-6H2,(H2,11,12,13). The van der Waals surface area contributed by atoms with Crippen molar-refractivity contribution in [3.05, 3.63) is 30.1 Å². The zero-order valence-corrected chi connectivity index (χ0v) is 8.34. The fraction of sp³-hybridized carbons (Fsp3) is 0.250. The number of aromatic nitrogens is 1. The Morgan fingerprint density at radius 1 is 1.50 bits per heavy atom. The lowest BCUT2D eigenvalue weighted by Crippen LogP contribution is -1.93. The summed E-state index contributed by atoms with van der Waals surface area (Å²) in [6, 6.07) is 5.37. The summed E-state index contributed by atoms with van der Waals surface area (Å²) in [5.74, 6) is 0. The van der Waals surface area contributed by atoms with Gasteiger partial charge in [0.2, 0.25) is 0 Å². The molecule has 0 fully saturated rings. The fourth-order valence-electron chi connectivity index (χ4n) is 0.798. The van der Waals surface area contributed by atoms with Gasteiger partial charge in [0.05, 0.1) is 18.4 Å². The maximum absolute atomic E-state index is 10.4. The van der Waals surface area contributed by atoms with E-state index < -0.39 is 7.60 Å². The molecule has 1 aromatic heterocycles. The smallest absolute Gasteiger partial charge is 0.324 e. The van der Waals surface area contributed by atoms with E-state index in [9.17, 15) is 4.57 Å².